The van der Waals surface area contributed by atoms with Crippen LogP contribution in [0.25, 0.3) is 11.2 Å². The lowest BCUT2D eigenvalue weighted by Crippen LogP contribution is -2.30. The molecule has 1 aromatic carbocycles. The third kappa shape index (κ3) is 4.31. The van der Waals surface area contributed by atoms with Crippen LogP contribution in [-0.4, -0.2) is 52.4 Å². The smallest absolute Gasteiger partial charge is 0.231 e. The summed E-state index contributed by atoms with van der Waals surface area (Å²) in [5, 5.41) is 3.58. The number of aryl methyl sites for hydroxylation is 1. The average molecular weight is 444 g/mol. The first-order valence-electron chi connectivity index (χ1n) is 9.88. The molecule has 0 saturated carbocycles. The summed E-state index contributed by atoms with van der Waals surface area (Å²) in [6.07, 6.45) is 1.70. The lowest BCUT2D eigenvalue weighted by atomic mass is 10.2. The van der Waals surface area contributed by atoms with Crippen molar-refractivity contribution in [1.29, 1.82) is 0 Å². The number of imidazole rings is 1. The second-order valence-electron chi connectivity index (χ2n) is 7.62. The Morgan fingerprint density at radius 2 is 2.03 bits per heavy atom. The zero-order valence-electron chi connectivity index (χ0n) is 17.9. The summed E-state index contributed by atoms with van der Waals surface area (Å²) in [5.41, 5.74) is 8.12. The first-order chi connectivity index (χ1) is 14.8. The van der Waals surface area contributed by atoms with E-state index in [4.69, 9.17) is 20.2 Å². The zero-order chi connectivity index (χ0) is 22.1. The van der Waals surface area contributed by atoms with E-state index in [2.05, 4.69) is 15.3 Å². The van der Waals surface area contributed by atoms with Crippen LogP contribution in [0.1, 0.15) is 20.3 Å². The van der Waals surface area contributed by atoms with Gasteiger partial charge in [-0.05, 0) is 25.6 Å². The molecule has 11 heteroatoms. The molecule has 2 aromatic heterocycles. The molecule has 3 aromatic rings. The van der Waals surface area contributed by atoms with E-state index in [1.807, 2.05) is 49.5 Å². The molecule has 3 heterocycles. The van der Waals surface area contributed by atoms with Crippen molar-refractivity contribution < 1.29 is 14.3 Å². The van der Waals surface area contributed by atoms with E-state index in [1.165, 1.54) is 18.1 Å². The lowest BCUT2D eigenvalue weighted by Gasteiger charge is -2.18. The number of fused-ring (bicyclic) bond motifs is 2. The number of benzene rings is 1. The fourth-order valence-corrected chi connectivity index (χ4v) is 4.40. The Bertz CT molecular complexity index is 1130. The van der Waals surface area contributed by atoms with E-state index in [9.17, 15) is 4.79 Å². The summed E-state index contributed by atoms with van der Waals surface area (Å²) < 4.78 is 13.0. The van der Waals surface area contributed by atoms with E-state index < -0.39 is 0 Å². The van der Waals surface area contributed by atoms with Crippen LogP contribution in [-0.2, 0) is 11.3 Å². The van der Waals surface area contributed by atoms with Crippen LogP contribution in [0.4, 0.5) is 11.5 Å². The lowest BCUT2D eigenvalue weighted by molar-refractivity contribution is -0.121. The van der Waals surface area contributed by atoms with Gasteiger partial charge in [0.15, 0.2) is 33.6 Å². The second kappa shape index (κ2) is 8.50. The van der Waals surface area contributed by atoms with Gasteiger partial charge in [-0.25, -0.2) is 15.0 Å². The van der Waals surface area contributed by atoms with Gasteiger partial charge in [-0.1, -0.05) is 0 Å². The largest absolute Gasteiger partial charge is 0.454 e. The van der Waals surface area contributed by atoms with Crippen molar-refractivity contribution in [1.82, 2.24) is 24.8 Å². The number of hydrogen-bond acceptors (Lipinski definition) is 9. The number of rotatable bonds is 7. The molecule has 4 rings (SSSR count). The molecule has 1 aliphatic heterocycles. The Kier molecular flexibility index (Phi) is 5.77. The van der Waals surface area contributed by atoms with Crippen LogP contribution in [0.2, 0.25) is 0 Å². The molecule has 164 valence electrons. The quantitative estimate of drug-likeness (QED) is 0.566. The Hall–Kier alpha value is -3.21. The molecule has 0 unspecified atom stereocenters. The number of aromatic nitrogens is 4. The third-order valence-corrected chi connectivity index (χ3v) is 5.72. The number of anilines is 2. The van der Waals surface area contributed by atoms with Gasteiger partial charge in [0, 0.05) is 50.1 Å². The molecular formula is C20H25N7O3S. The fraction of sp³-hybridized carbons (Fsp3) is 0.400. The van der Waals surface area contributed by atoms with E-state index >= 15 is 0 Å². The Balaban J connectivity index is 1.72. The molecule has 0 aliphatic carbocycles. The van der Waals surface area contributed by atoms with Crippen LogP contribution >= 0.6 is 11.8 Å². The predicted octanol–water partition coefficient (Wildman–Crippen LogP) is 2.27. The first-order valence-corrected chi connectivity index (χ1v) is 10.7. The van der Waals surface area contributed by atoms with Gasteiger partial charge in [0.2, 0.25) is 12.7 Å². The number of hydrogen-bond donors (Lipinski definition) is 2. The number of nitrogen functional groups attached to an aromatic ring is 1. The van der Waals surface area contributed by atoms with Crippen molar-refractivity contribution in [2.75, 3.05) is 31.5 Å². The van der Waals surface area contributed by atoms with Crippen molar-refractivity contribution in [3.63, 3.8) is 0 Å². The average Bonchev–Trinajstić information content (AvgIpc) is 3.30. The van der Waals surface area contributed by atoms with E-state index in [0.717, 1.165) is 10.6 Å². The highest BCUT2D eigenvalue weighted by Gasteiger charge is 2.22. The van der Waals surface area contributed by atoms with Crippen molar-refractivity contribution in [3.05, 3.63) is 18.5 Å². The minimum absolute atomic E-state index is 0.0353. The summed E-state index contributed by atoms with van der Waals surface area (Å²) in [4.78, 5) is 28.3. The number of nitrogens with zero attached hydrogens (tertiary/aromatic N) is 5. The van der Waals surface area contributed by atoms with Gasteiger partial charge in [0.05, 0.1) is 5.69 Å². The van der Waals surface area contributed by atoms with Gasteiger partial charge in [-0.3, -0.25) is 4.79 Å². The Labute approximate surface area is 184 Å². The van der Waals surface area contributed by atoms with Gasteiger partial charge >= 0.3 is 0 Å². The van der Waals surface area contributed by atoms with Crippen LogP contribution in [0, 0.1) is 0 Å². The summed E-state index contributed by atoms with van der Waals surface area (Å²) in [5.74, 6) is 1.66. The highest BCUT2D eigenvalue weighted by molar-refractivity contribution is 7.99. The van der Waals surface area contributed by atoms with Gasteiger partial charge in [0.1, 0.15) is 6.33 Å². The standard InChI is InChI=1S/C20H25N7O3S/c1-11(2)24-16(28)5-6-27-19-17(18(21)22-9-23-19)25-20(27)31-15-8-14-13(29-10-30-14)7-12(15)26(3)4/h7-9,11H,5-6,10H2,1-4H3,(H,24,28)(H2,21,22,23). The minimum atomic E-state index is -0.0353. The molecule has 3 N–H and O–H groups in total. The van der Waals surface area contributed by atoms with E-state index in [0.29, 0.717) is 46.6 Å². The normalized spacial score (nSPS) is 12.5. The third-order valence-electron chi connectivity index (χ3n) is 4.67. The number of ether oxygens (including phenoxy) is 2. The number of carbonyl (C=O) groups excluding carboxylic acids is 1. The molecular weight excluding hydrogens is 418 g/mol. The summed E-state index contributed by atoms with van der Waals surface area (Å²) in [6, 6.07) is 3.96. The monoisotopic (exact) mass is 443 g/mol. The molecule has 0 radical (unpaired) electrons. The molecule has 0 saturated heterocycles. The number of amides is 1. The van der Waals surface area contributed by atoms with Gasteiger partial charge in [-0.2, -0.15) is 0 Å². The molecule has 31 heavy (non-hydrogen) atoms. The summed E-state index contributed by atoms with van der Waals surface area (Å²) in [7, 11) is 3.93. The molecule has 0 bridgehead atoms. The van der Waals surface area contributed by atoms with Gasteiger partial charge < -0.3 is 30.0 Å². The Morgan fingerprint density at radius 3 is 2.74 bits per heavy atom. The van der Waals surface area contributed by atoms with Crippen LogP contribution in [0.15, 0.2) is 28.5 Å². The van der Waals surface area contributed by atoms with Crippen molar-refractivity contribution in [3.8, 4) is 11.5 Å². The number of nitrogens with one attached hydrogen (secondary N) is 1. The second-order valence-corrected chi connectivity index (χ2v) is 8.63. The van der Waals surface area contributed by atoms with E-state index in [-0.39, 0.29) is 18.7 Å². The number of nitrogens with two attached hydrogens (primary N) is 1. The zero-order valence-corrected chi connectivity index (χ0v) is 18.7. The molecule has 0 atom stereocenters. The maximum Gasteiger partial charge on any atom is 0.231 e. The van der Waals surface area contributed by atoms with Crippen LogP contribution in [0.5, 0.6) is 11.5 Å². The topological polar surface area (TPSA) is 120 Å². The van der Waals surface area contributed by atoms with Crippen molar-refractivity contribution in [2.24, 2.45) is 0 Å². The maximum atomic E-state index is 12.2. The van der Waals surface area contributed by atoms with E-state index in [1.54, 1.807) is 0 Å². The van der Waals surface area contributed by atoms with Gasteiger partial charge in [-0.15, -0.1) is 0 Å². The highest BCUT2D eigenvalue weighted by atomic mass is 32.2. The maximum absolute atomic E-state index is 12.2. The molecule has 0 spiro atoms. The van der Waals surface area contributed by atoms with Crippen LogP contribution < -0.4 is 25.4 Å². The van der Waals surface area contributed by atoms with Crippen molar-refractivity contribution >= 4 is 40.3 Å². The minimum Gasteiger partial charge on any atom is -0.454 e. The van der Waals surface area contributed by atoms with Gasteiger partial charge in [0.25, 0.3) is 0 Å². The summed E-state index contributed by atoms with van der Waals surface area (Å²) in [6.45, 7) is 4.48. The SMILES string of the molecule is CC(C)NC(=O)CCn1c(Sc2cc3c(cc2N(C)C)OCO3)nc2c(N)ncnc21. The Morgan fingerprint density at radius 1 is 1.29 bits per heavy atom. The first kappa shape index (κ1) is 21.0. The molecule has 1 amide bonds. The highest BCUT2D eigenvalue weighted by Crippen LogP contribution is 2.44. The fourth-order valence-electron chi connectivity index (χ4n) is 3.26. The predicted molar refractivity (Wildman–Crippen MR) is 119 cm³/mol. The molecule has 0 fully saturated rings. The number of carbonyl (C=O) groups is 1. The summed E-state index contributed by atoms with van der Waals surface area (Å²) >= 11 is 1.45. The van der Waals surface area contributed by atoms with Crippen LogP contribution in [0.3, 0.4) is 0 Å². The molecule has 10 nitrogen and oxygen atoms in total. The van der Waals surface area contributed by atoms with Crippen molar-refractivity contribution in [2.45, 2.75) is 42.9 Å². The molecule has 1 aliphatic rings.